The van der Waals surface area contributed by atoms with Crippen molar-refractivity contribution >= 4 is 5.91 Å². The number of carbonyl (C=O) groups excluding carboxylic acids is 1. The molecule has 1 heterocycles. The van der Waals surface area contributed by atoms with Crippen LogP contribution < -0.4 is 5.32 Å². The molecule has 3 heteroatoms. The van der Waals surface area contributed by atoms with Gasteiger partial charge in [-0.2, -0.15) is 0 Å². The molecule has 1 saturated heterocycles. The van der Waals surface area contributed by atoms with Crippen molar-refractivity contribution in [2.45, 2.75) is 25.9 Å². The average molecular weight is 166 g/mol. The molecule has 0 aromatic rings. The standard InChI is InChI=1S/C9H14N2O/c1-4-9(12)11-6-7(2)10-5-8(11)3/h1,7-8,10H,5-6H2,2-3H3. The Hall–Kier alpha value is -1.01. The molecular weight excluding hydrogens is 152 g/mol. The Morgan fingerprint density at radius 1 is 1.67 bits per heavy atom. The molecule has 0 aromatic carbocycles. The number of carbonyl (C=O) groups is 1. The minimum Gasteiger partial charge on any atom is -0.326 e. The van der Waals surface area contributed by atoms with E-state index in [-0.39, 0.29) is 11.9 Å². The first-order valence-electron chi connectivity index (χ1n) is 4.15. The van der Waals surface area contributed by atoms with Crippen LogP contribution in [0.4, 0.5) is 0 Å². The Labute approximate surface area is 73.1 Å². The minimum atomic E-state index is -0.198. The molecule has 0 aliphatic carbocycles. The van der Waals surface area contributed by atoms with Crippen molar-refractivity contribution in [3.05, 3.63) is 0 Å². The summed E-state index contributed by atoms with van der Waals surface area (Å²) >= 11 is 0. The molecule has 0 bridgehead atoms. The zero-order valence-electron chi connectivity index (χ0n) is 7.50. The summed E-state index contributed by atoms with van der Waals surface area (Å²) in [4.78, 5) is 12.9. The first-order chi connectivity index (χ1) is 5.65. The van der Waals surface area contributed by atoms with E-state index in [1.165, 1.54) is 0 Å². The Morgan fingerprint density at radius 3 is 2.92 bits per heavy atom. The third-order valence-electron chi connectivity index (χ3n) is 2.15. The molecule has 0 aromatic heterocycles. The molecule has 1 rings (SSSR count). The molecule has 1 aliphatic heterocycles. The summed E-state index contributed by atoms with van der Waals surface area (Å²) in [6.45, 7) is 5.58. The van der Waals surface area contributed by atoms with Crippen molar-refractivity contribution < 1.29 is 4.79 Å². The molecule has 0 saturated carbocycles. The van der Waals surface area contributed by atoms with Crippen LogP contribution in [0, 0.1) is 12.3 Å². The van der Waals surface area contributed by atoms with Crippen molar-refractivity contribution in [3.63, 3.8) is 0 Å². The monoisotopic (exact) mass is 166 g/mol. The third kappa shape index (κ3) is 1.77. The Morgan fingerprint density at radius 2 is 2.33 bits per heavy atom. The molecule has 1 amide bonds. The van der Waals surface area contributed by atoms with Crippen LogP contribution in [-0.2, 0) is 4.79 Å². The first-order valence-corrected chi connectivity index (χ1v) is 4.15. The summed E-state index contributed by atoms with van der Waals surface area (Å²) in [5.41, 5.74) is 0. The largest absolute Gasteiger partial charge is 0.326 e. The van der Waals surface area contributed by atoms with Crippen LogP contribution in [0.2, 0.25) is 0 Å². The lowest BCUT2D eigenvalue weighted by Gasteiger charge is -2.36. The minimum absolute atomic E-state index is 0.198. The predicted molar refractivity (Wildman–Crippen MR) is 47.5 cm³/mol. The number of piperazine rings is 1. The fourth-order valence-corrected chi connectivity index (χ4v) is 1.39. The second kappa shape index (κ2) is 3.59. The van der Waals surface area contributed by atoms with Gasteiger partial charge < -0.3 is 10.2 Å². The van der Waals surface area contributed by atoms with Crippen molar-refractivity contribution in [1.82, 2.24) is 10.2 Å². The van der Waals surface area contributed by atoms with Crippen LogP contribution in [0.3, 0.4) is 0 Å². The molecule has 66 valence electrons. The zero-order valence-corrected chi connectivity index (χ0v) is 7.50. The quantitative estimate of drug-likeness (QED) is 0.507. The zero-order chi connectivity index (χ0) is 9.14. The van der Waals surface area contributed by atoms with E-state index in [2.05, 4.69) is 11.2 Å². The number of hydrogen-bond donors (Lipinski definition) is 1. The van der Waals surface area contributed by atoms with Gasteiger partial charge in [-0.15, -0.1) is 6.42 Å². The fraction of sp³-hybridized carbons (Fsp3) is 0.667. The van der Waals surface area contributed by atoms with Crippen LogP contribution in [-0.4, -0.2) is 36.0 Å². The summed E-state index contributed by atoms with van der Waals surface area (Å²) in [5.74, 6) is 1.95. The molecule has 12 heavy (non-hydrogen) atoms. The predicted octanol–water partition coefficient (Wildman–Crippen LogP) is -0.172. The summed E-state index contributed by atoms with van der Waals surface area (Å²) in [6, 6.07) is 0.559. The maximum atomic E-state index is 11.2. The van der Waals surface area contributed by atoms with E-state index in [0.717, 1.165) is 6.54 Å². The maximum absolute atomic E-state index is 11.2. The normalized spacial score (nSPS) is 29.6. The molecule has 3 nitrogen and oxygen atoms in total. The fourth-order valence-electron chi connectivity index (χ4n) is 1.39. The second-order valence-electron chi connectivity index (χ2n) is 3.26. The molecule has 0 spiro atoms. The van der Waals surface area contributed by atoms with Crippen LogP contribution >= 0.6 is 0 Å². The van der Waals surface area contributed by atoms with E-state index in [9.17, 15) is 4.79 Å². The SMILES string of the molecule is C#CC(=O)N1CC(C)NCC1C. The second-order valence-corrected chi connectivity index (χ2v) is 3.26. The number of amides is 1. The number of nitrogens with zero attached hydrogens (tertiary/aromatic N) is 1. The molecule has 1 aliphatic rings. The molecule has 0 radical (unpaired) electrons. The molecule has 1 fully saturated rings. The summed E-state index contributed by atoms with van der Waals surface area (Å²) < 4.78 is 0. The van der Waals surface area contributed by atoms with Gasteiger partial charge in [-0.25, -0.2) is 0 Å². The van der Waals surface area contributed by atoms with Gasteiger partial charge in [-0.05, 0) is 19.8 Å². The average Bonchev–Trinajstić information content (AvgIpc) is 2.08. The van der Waals surface area contributed by atoms with Crippen molar-refractivity contribution in [2.24, 2.45) is 0 Å². The van der Waals surface area contributed by atoms with E-state index in [4.69, 9.17) is 6.42 Å². The molecule has 2 atom stereocenters. The van der Waals surface area contributed by atoms with Gasteiger partial charge in [-0.3, -0.25) is 4.79 Å². The highest BCUT2D eigenvalue weighted by Gasteiger charge is 2.24. The summed E-state index contributed by atoms with van der Waals surface area (Å²) in [6.07, 6.45) is 5.05. The summed E-state index contributed by atoms with van der Waals surface area (Å²) in [7, 11) is 0. The van der Waals surface area contributed by atoms with Crippen molar-refractivity contribution in [3.8, 4) is 12.3 Å². The van der Waals surface area contributed by atoms with Gasteiger partial charge in [0.2, 0.25) is 0 Å². The van der Waals surface area contributed by atoms with E-state index in [1.54, 1.807) is 4.90 Å². The van der Waals surface area contributed by atoms with Gasteiger partial charge in [-0.1, -0.05) is 0 Å². The lowest BCUT2D eigenvalue weighted by atomic mass is 10.1. The third-order valence-corrected chi connectivity index (χ3v) is 2.15. The Bertz CT molecular complexity index is 219. The highest BCUT2D eigenvalue weighted by atomic mass is 16.2. The number of rotatable bonds is 0. The van der Waals surface area contributed by atoms with Gasteiger partial charge >= 0.3 is 0 Å². The Kier molecular flexibility index (Phi) is 2.72. The Balaban J connectivity index is 2.62. The molecule has 2 unspecified atom stereocenters. The van der Waals surface area contributed by atoms with Crippen LogP contribution in [0.15, 0.2) is 0 Å². The molecule has 1 N–H and O–H groups in total. The first kappa shape index (κ1) is 9.08. The van der Waals surface area contributed by atoms with Crippen LogP contribution in [0.25, 0.3) is 0 Å². The van der Waals surface area contributed by atoms with Gasteiger partial charge in [0.25, 0.3) is 5.91 Å². The number of terminal acetylenes is 1. The van der Waals surface area contributed by atoms with Crippen molar-refractivity contribution in [2.75, 3.05) is 13.1 Å². The van der Waals surface area contributed by atoms with Crippen molar-refractivity contribution in [1.29, 1.82) is 0 Å². The van der Waals surface area contributed by atoms with Crippen LogP contribution in [0.1, 0.15) is 13.8 Å². The topological polar surface area (TPSA) is 32.3 Å². The van der Waals surface area contributed by atoms with E-state index < -0.39 is 0 Å². The smallest absolute Gasteiger partial charge is 0.298 e. The highest BCUT2D eigenvalue weighted by molar-refractivity contribution is 5.93. The van der Waals surface area contributed by atoms with E-state index in [1.807, 2.05) is 13.8 Å². The van der Waals surface area contributed by atoms with Gasteiger partial charge in [0.1, 0.15) is 0 Å². The van der Waals surface area contributed by atoms with Gasteiger partial charge in [0, 0.05) is 25.2 Å². The van der Waals surface area contributed by atoms with E-state index >= 15 is 0 Å². The lowest BCUT2D eigenvalue weighted by Crippen LogP contribution is -2.55. The van der Waals surface area contributed by atoms with Gasteiger partial charge in [0.15, 0.2) is 0 Å². The number of hydrogen-bond acceptors (Lipinski definition) is 2. The highest BCUT2D eigenvalue weighted by Crippen LogP contribution is 2.05. The van der Waals surface area contributed by atoms with E-state index in [0.29, 0.717) is 12.6 Å². The maximum Gasteiger partial charge on any atom is 0.298 e. The lowest BCUT2D eigenvalue weighted by molar-refractivity contribution is -0.128. The summed E-state index contributed by atoms with van der Waals surface area (Å²) in [5, 5.41) is 3.28. The van der Waals surface area contributed by atoms with Gasteiger partial charge in [0.05, 0.1) is 0 Å². The number of nitrogens with one attached hydrogen (secondary N) is 1. The van der Waals surface area contributed by atoms with Crippen LogP contribution in [0.5, 0.6) is 0 Å². The molecular formula is C9H14N2O.